The van der Waals surface area contributed by atoms with Gasteiger partial charge in [0.15, 0.2) is 0 Å². The Morgan fingerprint density at radius 1 is 1.09 bits per heavy atom. The molecule has 7 nitrogen and oxygen atoms in total. The van der Waals surface area contributed by atoms with Crippen LogP contribution in [0.15, 0.2) is 64.7 Å². The second kappa shape index (κ2) is 8.90. The Labute approximate surface area is 193 Å². The van der Waals surface area contributed by atoms with Crippen LogP contribution in [0.3, 0.4) is 0 Å². The fourth-order valence-electron chi connectivity index (χ4n) is 3.16. The highest BCUT2D eigenvalue weighted by atomic mass is 35.5. The highest BCUT2D eigenvalue weighted by Gasteiger charge is 2.35. The third kappa shape index (κ3) is 4.69. The van der Waals surface area contributed by atoms with Gasteiger partial charge in [-0.05, 0) is 55.0 Å². The molecular weight excluding hydrogens is 453 g/mol. The number of rotatable bonds is 5. The molecule has 1 saturated heterocycles. The molecule has 1 aromatic heterocycles. The number of hydrogen-bond acceptors (Lipinski definition) is 4. The van der Waals surface area contributed by atoms with Crippen LogP contribution in [0.1, 0.15) is 11.3 Å². The minimum atomic E-state index is -0.683. The van der Waals surface area contributed by atoms with Crippen LogP contribution in [-0.2, 0) is 9.59 Å². The second-order valence-corrected chi connectivity index (χ2v) is 7.94. The molecule has 0 atom stereocenters. The molecule has 2 aromatic carbocycles. The van der Waals surface area contributed by atoms with E-state index in [1.54, 1.807) is 48.5 Å². The van der Waals surface area contributed by atoms with Crippen molar-refractivity contribution in [2.24, 2.45) is 0 Å². The molecule has 0 saturated carbocycles. The zero-order valence-electron chi connectivity index (χ0n) is 16.8. The maximum Gasteiger partial charge on any atom is 0.329 e. The largest absolute Gasteiger partial charge is 0.457 e. The highest BCUT2D eigenvalue weighted by Crippen LogP contribution is 2.30. The average molecular weight is 470 g/mol. The summed E-state index contributed by atoms with van der Waals surface area (Å²) in [7, 11) is 0. The van der Waals surface area contributed by atoms with E-state index in [0.29, 0.717) is 32.8 Å². The number of nitrogens with one attached hydrogen (secondary N) is 2. The summed E-state index contributed by atoms with van der Waals surface area (Å²) >= 11 is 12.0. The molecule has 1 fully saturated rings. The van der Waals surface area contributed by atoms with E-state index in [1.165, 1.54) is 6.08 Å². The first-order valence-electron chi connectivity index (χ1n) is 9.56. The molecule has 32 heavy (non-hydrogen) atoms. The summed E-state index contributed by atoms with van der Waals surface area (Å²) in [5.74, 6) is -0.246. The van der Waals surface area contributed by atoms with Gasteiger partial charge < -0.3 is 15.1 Å². The van der Waals surface area contributed by atoms with Gasteiger partial charge in [-0.1, -0.05) is 35.3 Å². The van der Waals surface area contributed by atoms with Gasteiger partial charge in [0.2, 0.25) is 5.91 Å². The molecule has 2 heterocycles. The Balaban J connectivity index is 1.46. The molecule has 0 radical (unpaired) electrons. The molecule has 3 aromatic rings. The van der Waals surface area contributed by atoms with E-state index in [-0.39, 0.29) is 5.70 Å². The van der Waals surface area contributed by atoms with Gasteiger partial charge in [-0.3, -0.25) is 9.59 Å². The number of imide groups is 1. The van der Waals surface area contributed by atoms with Crippen molar-refractivity contribution in [1.29, 1.82) is 0 Å². The third-order valence-corrected chi connectivity index (χ3v) is 5.42. The monoisotopic (exact) mass is 469 g/mol. The van der Waals surface area contributed by atoms with Crippen molar-refractivity contribution in [1.82, 2.24) is 10.2 Å². The van der Waals surface area contributed by atoms with Gasteiger partial charge in [0.05, 0.1) is 10.0 Å². The van der Waals surface area contributed by atoms with E-state index >= 15 is 0 Å². The molecule has 9 heteroatoms. The summed E-state index contributed by atoms with van der Waals surface area (Å²) < 4.78 is 5.74. The van der Waals surface area contributed by atoms with Crippen LogP contribution < -0.4 is 10.6 Å². The summed E-state index contributed by atoms with van der Waals surface area (Å²) in [4.78, 5) is 38.0. The molecular formula is C23H17Cl2N3O4. The zero-order chi connectivity index (χ0) is 22.8. The van der Waals surface area contributed by atoms with E-state index in [1.807, 2.05) is 13.0 Å². The summed E-state index contributed by atoms with van der Waals surface area (Å²) in [5, 5.41) is 5.95. The Bertz CT molecular complexity index is 1270. The SMILES string of the molecule is Cc1cccc(NC(=O)CN2C(=O)N/C(=C\c3ccc(-c4ccc(Cl)c(Cl)c4)o3)C2=O)c1. The average Bonchev–Trinajstić information content (AvgIpc) is 3.30. The molecule has 4 rings (SSSR count). The number of furan rings is 1. The number of hydrogen-bond donors (Lipinski definition) is 2. The number of benzene rings is 2. The number of nitrogens with zero attached hydrogens (tertiary/aromatic N) is 1. The van der Waals surface area contributed by atoms with Crippen molar-refractivity contribution >= 4 is 52.8 Å². The predicted molar refractivity (Wildman–Crippen MR) is 122 cm³/mol. The minimum Gasteiger partial charge on any atom is -0.457 e. The number of anilines is 1. The summed E-state index contributed by atoms with van der Waals surface area (Å²) in [6.07, 6.45) is 1.40. The smallest absolute Gasteiger partial charge is 0.329 e. The molecule has 162 valence electrons. The van der Waals surface area contributed by atoms with Gasteiger partial charge in [-0.2, -0.15) is 0 Å². The maximum absolute atomic E-state index is 12.6. The molecule has 1 aliphatic rings. The Kier molecular flexibility index (Phi) is 6.03. The van der Waals surface area contributed by atoms with Crippen molar-refractivity contribution in [2.45, 2.75) is 6.92 Å². The standard InChI is InChI=1S/C23H17Cl2N3O4/c1-13-3-2-4-15(9-13)26-21(29)12-28-22(30)19(27-23(28)31)11-16-6-8-20(32-16)14-5-7-17(24)18(25)10-14/h2-11H,12H2,1H3,(H,26,29)(H,27,31)/b19-11-. The van der Waals surface area contributed by atoms with Crippen molar-refractivity contribution in [3.8, 4) is 11.3 Å². The van der Waals surface area contributed by atoms with E-state index in [0.717, 1.165) is 10.5 Å². The van der Waals surface area contributed by atoms with Gasteiger partial charge in [0.1, 0.15) is 23.8 Å². The lowest BCUT2D eigenvalue weighted by Gasteiger charge is -2.12. The topological polar surface area (TPSA) is 91.7 Å². The normalized spacial score (nSPS) is 14.7. The Morgan fingerprint density at radius 3 is 2.66 bits per heavy atom. The Hall–Kier alpha value is -3.55. The van der Waals surface area contributed by atoms with Gasteiger partial charge in [-0.15, -0.1) is 0 Å². The zero-order valence-corrected chi connectivity index (χ0v) is 18.3. The molecule has 0 unspecified atom stereocenters. The lowest BCUT2D eigenvalue weighted by atomic mass is 10.2. The van der Waals surface area contributed by atoms with Crippen molar-refractivity contribution in [3.05, 3.63) is 81.7 Å². The first kappa shape index (κ1) is 21.7. The molecule has 0 aliphatic carbocycles. The van der Waals surface area contributed by atoms with Crippen LogP contribution in [0, 0.1) is 6.92 Å². The molecule has 0 bridgehead atoms. The lowest BCUT2D eigenvalue weighted by molar-refractivity contribution is -0.127. The van der Waals surface area contributed by atoms with E-state index in [2.05, 4.69) is 10.6 Å². The van der Waals surface area contributed by atoms with Crippen molar-refractivity contribution < 1.29 is 18.8 Å². The predicted octanol–water partition coefficient (Wildman–Crippen LogP) is 5.09. The second-order valence-electron chi connectivity index (χ2n) is 7.13. The van der Waals surface area contributed by atoms with Gasteiger partial charge in [0, 0.05) is 17.3 Å². The van der Waals surface area contributed by atoms with Gasteiger partial charge in [-0.25, -0.2) is 9.69 Å². The number of urea groups is 1. The summed E-state index contributed by atoms with van der Waals surface area (Å²) in [6, 6.07) is 15.0. The molecule has 4 amide bonds. The fraction of sp³-hybridized carbons (Fsp3) is 0.0870. The molecule has 0 spiro atoms. The van der Waals surface area contributed by atoms with Crippen LogP contribution in [-0.4, -0.2) is 29.3 Å². The Morgan fingerprint density at radius 2 is 1.91 bits per heavy atom. The third-order valence-electron chi connectivity index (χ3n) is 4.68. The first-order chi connectivity index (χ1) is 15.3. The van der Waals surface area contributed by atoms with E-state index in [4.69, 9.17) is 27.6 Å². The first-order valence-corrected chi connectivity index (χ1v) is 10.3. The maximum atomic E-state index is 12.6. The molecule has 1 aliphatic heterocycles. The number of carbonyl (C=O) groups is 3. The van der Waals surface area contributed by atoms with Crippen molar-refractivity contribution in [2.75, 3.05) is 11.9 Å². The van der Waals surface area contributed by atoms with Crippen molar-refractivity contribution in [3.63, 3.8) is 0 Å². The van der Waals surface area contributed by atoms with Crippen LogP contribution in [0.2, 0.25) is 10.0 Å². The number of aryl methyl sites for hydroxylation is 1. The minimum absolute atomic E-state index is 0.00777. The van der Waals surface area contributed by atoms with Crippen LogP contribution in [0.5, 0.6) is 0 Å². The lowest BCUT2D eigenvalue weighted by Crippen LogP contribution is -2.38. The van der Waals surface area contributed by atoms with Gasteiger partial charge >= 0.3 is 6.03 Å². The fourth-order valence-corrected chi connectivity index (χ4v) is 3.46. The van der Waals surface area contributed by atoms with Gasteiger partial charge in [0.25, 0.3) is 5.91 Å². The van der Waals surface area contributed by atoms with Crippen LogP contribution >= 0.6 is 23.2 Å². The number of carbonyl (C=O) groups excluding carboxylic acids is 3. The summed E-state index contributed by atoms with van der Waals surface area (Å²) in [5.41, 5.74) is 2.28. The van der Waals surface area contributed by atoms with E-state index in [9.17, 15) is 14.4 Å². The van der Waals surface area contributed by atoms with E-state index < -0.39 is 24.4 Å². The number of amides is 4. The summed E-state index contributed by atoms with van der Waals surface area (Å²) in [6.45, 7) is 1.48. The molecule has 2 N–H and O–H groups in total. The quantitative estimate of drug-likeness (QED) is 0.401. The highest BCUT2D eigenvalue weighted by molar-refractivity contribution is 6.42. The van der Waals surface area contributed by atoms with Crippen LogP contribution in [0.4, 0.5) is 10.5 Å². The number of halogens is 2. The van der Waals surface area contributed by atoms with Crippen LogP contribution in [0.25, 0.3) is 17.4 Å².